The maximum Gasteiger partial charge on any atom is 0.319 e. The van der Waals surface area contributed by atoms with Crippen LogP contribution in [0.4, 0.5) is 4.79 Å². The molecule has 2 saturated heterocycles. The van der Waals surface area contributed by atoms with Gasteiger partial charge in [-0.1, -0.05) is 0 Å². The fourth-order valence-electron chi connectivity index (χ4n) is 2.71. The van der Waals surface area contributed by atoms with Gasteiger partial charge in [0.25, 0.3) is 0 Å². The van der Waals surface area contributed by atoms with Gasteiger partial charge in [-0.3, -0.25) is 4.79 Å². The molecule has 0 aromatic heterocycles. The maximum atomic E-state index is 12.2. The summed E-state index contributed by atoms with van der Waals surface area (Å²) in [6, 6.07) is -0.0853. The van der Waals surface area contributed by atoms with E-state index in [4.69, 9.17) is 9.84 Å². The van der Waals surface area contributed by atoms with Crippen LogP contribution in [0.25, 0.3) is 0 Å². The lowest BCUT2D eigenvalue weighted by Gasteiger charge is -2.30. The Morgan fingerprint density at radius 3 is 2.74 bits per heavy atom. The molecule has 6 nitrogen and oxygen atoms in total. The molecule has 6 heteroatoms. The van der Waals surface area contributed by atoms with Gasteiger partial charge in [0.1, 0.15) is 0 Å². The predicted molar refractivity (Wildman–Crippen MR) is 68.9 cm³/mol. The average Bonchev–Trinajstić information content (AvgIpc) is 2.88. The predicted octanol–water partition coefficient (Wildman–Crippen LogP) is 1.01. The first-order chi connectivity index (χ1) is 9.08. The van der Waals surface area contributed by atoms with E-state index >= 15 is 0 Å². The first-order valence-electron chi connectivity index (χ1n) is 6.92. The summed E-state index contributed by atoms with van der Waals surface area (Å²) in [5.74, 6) is -1.23. The van der Waals surface area contributed by atoms with Crippen LogP contribution < -0.4 is 0 Å². The van der Waals surface area contributed by atoms with Crippen molar-refractivity contribution in [3.63, 3.8) is 0 Å². The zero-order chi connectivity index (χ0) is 13.8. The Hall–Kier alpha value is -1.30. The standard InChI is InChI=1S/C13H22N2O4/c1-14(9-11-4-2-3-7-19-11)13(18)15-6-5-10(8-15)12(16)17/h10-11H,2-9H2,1H3,(H,16,17). The number of carboxylic acids is 1. The Kier molecular flexibility index (Phi) is 4.63. The monoisotopic (exact) mass is 270 g/mol. The smallest absolute Gasteiger partial charge is 0.319 e. The van der Waals surface area contributed by atoms with Crippen molar-refractivity contribution in [3.8, 4) is 0 Å². The Morgan fingerprint density at radius 2 is 2.16 bits per heavy atom. The molecule has 2 atom stereocenters. The number of carbonyl (C=O) groups is 2. The minimum absolute atomic E-state index is 0.0853. The molecule has 108 valence electrons. The molecule has 2 aliphatic heterocycles. The first-order valence-corrected chi connectivity index (χ1v) is 6.92. The van der Waals surface area contributed by atoms with Gasteiger partial charge in [0, 0.05) is 33.3 Å². The zero-order valence-corrected chi connectivity index (χ0v) is 11.4. The summed E-state index contributed by atoms with van der Waals surface area (Å²) >= 11 is 0. The lowest BCUT2D eigenvalue weighted by Crippen LogP contribution is -2.44. The molecule has 0 aromatic rings. The molecule has 2 rings (SSSR count). The average molecular weight is 270 g/mol. The van der Waals surface area contributed by atoms with Crippen LogP contribution in [0, 0.1) is 5.92 Å². The number of hydrogen-bond donors (Lipinski definition) is 1. The van der Waals surface area contributed by atoms with Crippen LogP contribution in [-0.4, -0.2) is 66.3 Å². The minimum atomic E-state index is -0.812. The zero-order valence-electron chi connectivity index (χ0n) is 11.4. The van der Waals surface area contributed by atoms with E-state index in [0.717, 1.165) is 25.9 Å². The van der Waals surface area contributed by atoms with E-state index < -0.39 is 11.9 Å². The van der Waals surface area contributed by atoms with E-state index in [1.54, 1.807) is 16.8 Å². The Labute approximate surface area is 113 Å². The summed E-state index contributed by atoms with van der Waals surface area (Å²) in [7, 11) is 1.76. The maximum absolute atomic E-state index is 12.2. The molecular weight excluding hydrogens is 248 g/mol. The van der Waals surface area contributed by atoms with Gasteiger partial charge in [-0.2, -0.15) is 0 Å². The molecule has 1 N–H and O–H groups in total. The third kappa shape index (κ3) is 3.59. The van der Waals surface area contributed by atoms with Crippen molar-refractivity contribution in [1.29, 1.82) is 0 Å². The molecule has 0 saturated carbocycles. The van der Waals surface area contributed by atoms with Gasteiger partial charge >= 0.3 is 12.0 Å². The van der Waals surface area contributed by atoms with Crippen molar-refractivity contribution < 1.29 is 19.4 Å². The molecule has 2 amide bonds. The van der Waals surface area contributed by atoms with E-state index in [2.05, 4.69) is 0 Å². The number of urea groups is 1. The lowest BCUT2D eigenvalue weighted by molar-refractivity contribution is -0.141. The summed E-state index contributed by atoms with van der Waals surface area (Å²) < 4.78 is 5.61. The quantitative estimate of drug-likeness (QED) is 0.831. The summed E-state index contributed by atoms with van der Waals surface area (Å²) in [4.78, 5) is 26.4. The molecule has 2 heterocycles. The van der Waals surface area contributed by atoms with E-state index in [0.29, 0.717) is 26.1 Å². The number of aliphatic carboxylic acids is 1. The third-order valence-electron chi connectivity index (χ3n) is 3.89. The molecule has 2 aliphatic rings. The highest BCUT2D eigenvalue weighted by atomic mass is 16.5. The fraction of sp³-hybridized carbons (Fsp3) is 0.846. The molecule has 2 unspecified atom stereocenters. The number of carbonyl (C=O) groups excluding carboxylic acids is 1. The van der Waals surface area contributed by atoms with E-state index in [9.17, 15) is 9.59 Å². The lowest BCUT2D eigenvalue weighted by atomic mass is 10.1. The van der Waals surface area contributed by atoms with Gasteiger partial charge in [0.05, 0.1) is 12.0 Å². The molecule has 0 aromatic carbocycles. The van der Waals surface area contributed by atoms with Crippen LogP contribution in [-0.2, 0) is 9.53 Å². The van der Waals surface area contributed by atoms with Crippen LogP contribution in [0.15, 0.2) is 0 Å². The number of carboxylic acid groups (broad SMARTS) is 1. The van der Waals surface area contributed by atoms with Gasteiger partial charge in [0.2, 0.25) is 0 Å². The van der Waals surface area contributed by atoms with Gasteiger partial charge in [0.15, 0.2) is 0 Å². The first kappa shape index (κ1) is 14.1. The number of rotatable bonds is 3. The van der Waals surface area contributed by atoms with Crippen LogP contribution >= 0.6 is 0 Å². The Morgan fingerprint density at radius 1 is 1.37 bits per heavy atom. The van der Waals surface area contributed by atoms with E-state index in [1.807, 2.05) is 0 Å². The molecule has 19 heavy (non-hydrogen) atoms. The van der Waals surface area contributed by atoms with Gasteiger partial charge in [-0.05, 0) is 25.7 Å². The van der Waals surface area contributed by atoms with Crippen molar-refractivity contribution in [3.05, 3.63) is 0 Å². The molecule has 0 spiro atoms. The summed E-state index contributed by atoms with van der Waals surface area (Å²) in [5.41, 5.74) is 0. The van der Waals surface area contributed by atoms with Gasteiger partial charge in [-0.25, -0.2) is 4.79 Å². The normalized spacial score (nSPS) is 27.3. The number of nitrogens with zero attached hydrogens (tertiary/aromatic N) is 2. The second kappa shape index (κ2) is 6.23. The van der Waals surface area contributed by atoms with Crippen LogP contribution in [0.2, 0.25) is 0 Å². The van der Waals surface area contributed by atoms with E-state index in [1.165, 1.54) is 0 Å². The number of likely N-dealkylation sites (tertiary alicyclic amines) is 1. The molecule has 0 radical (unpaired) electrons. The minimum Gasteiger partial charge on any atom is -0.481 e. The van der Waals surface area contributed by atoms with Crippen molar-refractivity contribution in [1.82, 2.24) is 9.80 Å². The Balaban J connectivity index is 1.80. The van der Waals surface area contributed by atoms with Crippen molar-refractivity contribution in [2.24, 2.45) is 5.92 Å². The van der Waals surface area contributed by atoms with Gasteiger partial charge < -0.3 is 19.6 Å². The summed E-state index contributed by atoms with van der Waals surface area (Å²) in [5, 5.41) is 8.94. The van der Waals surface area contributed by atoms with Crippen LogP contribution in [0.1, 0.15) is 25.7 Å². The topological polar surface area (TPSA) is 70.1 Å². The van der Waals surface area contributed by atoms with E-state index in [-0.39, 0.29) is 12.1 Å². The Bertz CT molecular complexity index is 342. The summed E-state index contributed by atoms with van der Waals surface area (Å²) in [6.45, 7) is 2.22. The second-order valence-corrected chi connectivity index (χ2v) is 5.42. The summed E-state index contributed by atoms with van der Waals surface area (Å²) in [6.07, 6.45) is 3.92. The van der Waals surface area contributed by atoms with Crippen molar-refractivity contribution in [2.45, 2.75) is 31.8 Å². The highest BCUT2D eigenvalue weighted by Crippen LogP contribution is 2.19. The fourth-order valence-corrected chi connectivity index (χ4v) is 2.71. The highest BCUT2D eigenvalue weighted by molar-refractivity contribution is 5.77. The molecule has 0 aliphatic carbocycles. The number of ether oxygens (including phenoxy) is 1. The highest BCUT2D eigenvalue weighted by Gasteiger charge is 2.32. The number of hydrogen-bond acceptors (Lipinski definition) is 3. The van der Waals surface area contributed by atoms with Crippen LogP contribution in [0.5, 0.6) is 0 Å². The third-order valence-corrected chi connectivity index (χ3v) is 3.89. The van der Waals surface area contributed by atoms with Crippen molar-refractivity contribution in [2.75, 3.05) is 33.3 Å². The SMILES string of the molecule is CN(CC1CCCCO1)C(=O)N1CCC(C(=O)O)C1. The largest absolute Gasteiger partial charge is 0.481 e. The molecule has 2 fully saturated rings. The molecule has 0 bridgehead atoms. The van der Waals surface area contributed by atoms with Crippen LogP contribution in [0.3, 0.4) is 0 Å². The van der Waals surface area contributed by atoms with Gasteiger partial charge in [-0.15, -0.1) is 0 Å². The number of amides is 2. The number of likely N-dealkylation sites (N-methyl/N-ethyl adjacent to an activating group) is 1. The second-order valence-electron chi connectivity index (χ2n) is 5.42. The van der Waals surface area contributed by atoms with Crippen molar-refractivity contribution >= 4 is 12.0 Å². The molecular formula is C13H22N2O4.